The molecule has 0 radical (unpaired) electrons. The van der Waals surface area contributed by atoms with Crippen LogP contribution in [0.25, 0.3) is 0 Å². The van der Waals surface area contributed by atoms with Crippen LogP contribution in [-0.4, -0.2) is 62.1 Å². The fraction of sp³-hybridized carbons (Fsp3) is 0.538. The van der Waals surface area contributed by atoms with Gasteiger partial charge in [0.05, 0.1) is 11.6 Å². The zero-order valence-corrected chi connectivity index (χ0v) is 13.3. The highest BCUT2D eigenvalue weighted by molar-refractivity contribution is 7.89. The van der Waals surface area contributed by atoms with E-state index in [-0.39, 0.29) is 22.1 Å². The smallest absolute Gasteiger partial charge is 0.244 e. The van der Waals surface area contributed by atoms with Crippen molar-refractivity contribution in [3.63, 3.8) is 0 Å². The molecule has 0 aromatic heterocycles. The van der Waals surface area contributed by atoms with Gasteiger partial charge >= 0.3 is 0 Å². The Morgan fingerprint density at radius 1 is 1.29 bits per heavy atom. The molecule has 1 aliphatic heterocycles. The van der Waals surface area contributed by atoms with Gasteiger partial charge in [-0.3, -0.25) is 4.90 Å². The maximum Gasteiger partial charge on any atom is 0.244 e. The minimum atomic E-state index is -3.72. The summed E-state index contributed by atoms with van der Waals surface area (Å²) in [6.45, 7) is 3.85. The van der Waals surface area contributed by atoms with Crippen molar-refractivity contribution in [1.82, 2.24) is 9.21 Å². The number of nitrogens with zero attached hydrogens (tertiary/aromatic N) is 2. The van der Waals surface area contributed by atoms with E-state index in [0.717, 1.165) is 6.07 Å². The predicted molar refractivity (Wildman–Crippen MR) is 78.4 cm³/mol. The molecule has 1 N–H and O–H groups in total. The van der Waals surface area contributed by atoms with Crippen molar-refractivity contribution < 1.29 is 17.9 Å². The third-order valence-electron chi connectivity index (χ3n) is 3.58. The van der Waals surface area contributed by atoms with E-state index in [0.29, 0.717) is 32.7 Å². The number of sulfonamides is 1. The monoisotopic (exact) mass is 336 g/mol. The van der Waals surface area contributed by atoms with Gasteiger partial charge in [0.2, 0.25) is 10.0 Å². The highest BCUT2D eigenvalue weighted by Gasteiger charge is 2.30. The first kappa shape index (κ1) is 16.6. The number of rotatable bonds is 4. The predicted octanol–water partition coefficient (Wildman–Crippen LogP) is 1.09. The van der Waals surface area contributed by atoms with Crippen LogP contribution in [0.1, 0.15) is 5.56 Å². The number of β-amino-alcohol motifs (C(OH)–C–C–N with tert-alkyl or cyclic N) is 1. The zero-order chi connectivity index (χ0) is 15.6. The quantitative estimate of drug-likeness (QED) is 0.894. The van der Waals surface area contributed by atoms with Gasteiger partial charge in [0.25, 0.3) is 0 Å². The lowest BCUT2D eigenvalue weighted by Gasteiger charge is -2.33. The van der Waals surface area contributed by atoms with Crippen LogP contribution in [0.15, 0.2) is 17.0 Å². The van der Waals surface area contributed by atoms with Gasteiger partial charge in [-0.15, -0.1) is 0 Å². The highest BCUT2D eigenvalue weighted by atomic mass is 35.5. The molecular formula is C13H18ClFN2O3S. The van der Waals surface area contributed by atoms with Crippen LogP contribution in [0.4, 0.5) is 4.39 Å². The van der Waals surface area contributed by atoms with Gasteiger partial charge in [-0.1, -0.05) is 11.6 Å². The molecule has 1 saturated heterocycles. The Hall–Kier alpha value is -0.730. The Labute approximate surface area is 129 Å². The molecule has 1 fully saturated rings. The van der Waals surface area contributed by atoms with Crippen LogP contribution in [0, 0.1) is 12.7 Å². The Morgan fingerprint density at radius 2 is 1.90 bits per heavy atom. The van der Waals surface area contributed by atoms with Gasteiger partial charge < -0.3 is 5.11 Å². The molecule has 5 nitrogen and oxygen atoms in total. The molecule has 0 atom stereocenters. The van der Waals surface area contributed by atoms with Crippen LogP contribution < -0.4 is 0 Å². The van der Waals surface area contributed by atoms with Crippen LogP contribution in [0.3, 0.4) is 0 Å². The Bertz CT molecular complexity index is 616. The van der Waals surface area contributed by atoms with Gasteiger partial charge in [0.15, 0.2) is 0 Å². The van der Waals surface area contributed by atoms with E-state index >= 15 is 0 Å². The number of aryl methyl sites for hydroxylation is 1. The van der Waals surface area contributed by atoms with Crippen molar-refractivity contribution in [3.05, 3.63) is 28.5 Å². The summed E-state index contributed by atoms with van der Waals surface area (Å²) in [5, 5.41) is 8.79. The lowest BCUT2D eigenvalue weighted by Crippen LogP contribution is -2.49. The molecule has 0 aliphatic carbocycles. The SMILES string of the molecule is Cc1cc(S(=O)(=O)N2CCN(CCO)CC2)c(Cl)cc1F. The maximum atomic E-state index is 13.4. The van der Waals surface area contributed by atoms with Crippen LogP contribution >= 0.6 is 11.6 Å². The fourth-order valence-electron chi connectivity index (χ4n) is 2.30. The topological polar surface area (TPSA) is 60.9 Å². The van der Waals surface area contributed by atoms with Crippen molar-refractivity contribution in [2.24, 2.45) is 0 Å². The molecule has 1 heterocycles. The summed E-state index contributed by atoms with van der Waals surface area (Å²) in [6, 6.07) is 2.30. The molecular weight excluding hydrogens is 319 g/mol. The average molecular weight is 337 g/mol. The lowest BCUT2D eigenvalue weighted by atomic mass is 10.2. The summed E-state index contributed by atoms with van der Waals surface area (Å²) in [6.07, 6.45) is 0. The summed E-state index contributed by atoms with van der Waals surface area (Å²) in [7, 11) is -3.72. The summed E-state index contributed by atoms with van der Waals surface area (Å²) in [4.78, 5) is 1.93. The second kappa shape index (κ2) is 6.58. The number of halogens is 2. The van der Waals surface area contributed by atoms with Crippen LogP contribution in [0.5, 0.6) is 0 Å². The number of aliphatic hydroxyl groups excluding tert-OH is 1. The minimum Gasteiger partial charge on any atom is -0.395 e. The van der Waals surface area contributed by atoms with E-state index in [1.807, 2.05) is 4.90 Å². The van der Waals surface area contributed by atoms with Crippen LogP contribution in [0.2, 0.25) is 5.02 Å². The Kier molecular flexibility index (Phi) is 5.21. The average Bonchev–Trinajstić information content (AvgIpc) is 2.43. The first-order valence-electron chi connectivity index (χ1n) is 6.65. The molecule has 0 bridgehead atoms. The third kappa shape index (κ3) is 3.54. The minimum absolute atomic E-state index is 0.0513. The van der Waals surface area contributed by atoms with Crippen molar-refractivity contribution in [2.75, 3.05) is 39.3 Å². The number of hydrogen-bond acceptors (Lipinski definition) is 4. The molecule has 1 aromatic rings. The van der Waals surface area contributed by atoms with Gasteiger partial charge in [-0.05, 0) is 24.6 Å². The van der Waals surface area contributed by atoms with E-state index < -0.39 is 15.8 Å². The number of piperazine rings is 1. The molecule has 0 spiro atoms. The summed E-state index contributed by atoms with van der Waals surface area (Å²) in [5.41, 5.74) is 0.247. The van der Waals surface area contributed by atoms with Crippen molar-refractivity contribution >= 4 is 21.6 Å². The van der Waals surface area contributed by atoms with E-state index in [1.165, 1.54) is 17.3 Å². The van der Waals surface area contributed by atoms with Crippen molar-refractivity contribution in [2.45, 2.75) is 11.8 Å². The largest absolute Gasteiger partial charge is 0.395 e. The molecule has 1 aromatic carbocycles. The first-order chi connectivity index (χ1) is 9.86. The molecule has 0 unspecified atom stereocenters. The van der Waals surface area contributed by atoms with E-state index in [9.17, 15) is 12.8 Å². The van der Waals surface area contributed by atoms with Gasteiger partial charge in [-0.2, -0.15) is 4.31 Å². The molecule has 0 amide bonds. The zero-order valence-electron chi connectivity index (χ0n) is 11.7. The van der Waals surface area contributed by atoms with E-state index in [2.05, 4.69) is 0 Å². The van der Waals surface area contributed by atoms with Crippen molar-refractivity contribution in [1.29, 1.82) is 0 Å². The fourth-order valence-corrected chi connectivity index (χ4v) is 4.30. The molecule has 21 heavy (non-hydrogen) atoms. The van der Waals surface area contributed by atoms with Crippen molar-refractivity contribution in [3.8, 4) is 0 Å². The molecule has 1 aliphatic rings. The lowest BCUT2D eigenvalue weighted by molar-refractivity contribution is 0.151. The normalized spacial score (nSPS) is 18.1. The summed E-state index contributed by atoms with van der Waals surface area (Å²) < 4.78 is 39.9. The standard InChI is InChI=1S/C13H18ClFN2O3S/c1-10-8-13(11(14)9-12(10)15)21(19,20)17-4-2-16(3-5-17)6-7-18/h8-9,18H,2-7H2,1H3. The molecule has 0 saturated carbocycles. The molecule has 2 rings (SSSR count). The number of hydrogen-bond donors (Lipinski definition) is 1. The van der Waals surface area contributed by atoms with E-state index in [4.69, 9.17) is 16.7 Å². The van der Waals surface area contributed by atoms with Crippen LogP contribution in [-0.2, 0) is 10.0 Å². The van der Waals surface area contributed by atoms with Gasteiger partial charge in [-0.25, -0.2) is 12.8 Å². The third-order valence-corrected chi connectivity index (χ3v) is 5.94. The second-order valence-electron chi connectivity index (χ2n) is 5.00. The van der Waals surface area contributed by atoms with Gasteiger partial charge in [0.1, 0.15) is 10.7 Å². The van der Waals surface area contributed by atoms with E-state index in [1.54, 1.807) is 0 Å². The highest BCUT2D eigenvalue weighted by Crippen LogP contribution is 2.28. The summed E-state index contributed by atoms with van der Waals surface area (Å²) in [5.74, 6) is -0.522. The maximum absolute atomic E-state index is 13.4. The number of benzene rings is 1. The summed E-state index contributed by atoms with van der Waals surface area (Å²) >= 11 is 5.89. The second-order valence-corrected chi connectivity index (χ2v) is 7.31. The first-order valence-corrected chi connectivity index (χ1v) is 8.47. The molecule has 118 valence electrons. The Morgan fingerprint density at radius 3 is 2.48 bits per heavy atom. The number of aliphatic hydroxyl groups is 1. The van der Waals surface area contributed by atoms with Gasteiger partial charge in [0, 0.05) is 32.7 Å². The molecule has 8 heteroatoms. The Balaban J connectivity index is 2.22.